The molecule has 2 aromatic heterocycles. The van der Waals surface area contributed by atoms with Gasteiger partial charge in [-0.05, 0) is 44.2 Å². The molecule has 27 heavy (non-hydrogen) atoms. The predicted molar refractivity (Wildman–Crippen MR) is 109 cm³/mol. The molecule has 0 atom stereocenters. The third-order valence-electron chi connectivity index (χ3n) is 3.87. The number of halogens is 1. The van der Waals surface area contributed by atoms with Crippen LogP contribution in [0, 0.1) is 5.82 Å². The molecular weight excluding hydrogens is 341 g/mol. The van der Waals surface area contributed by atoms with Gasteiger partial charge in [0.15, 0.2) is 0 Å². The number of nitrogens with two attached hydrogens (primary N) is 1. The number of rotatable bonds is 6. The molecule has 0 aliphatic carbocycles. The molecule has 0 unspecified atom stereocenters. The number of hydrogen-bond acceptors (Lipinski definition) is 4. The summed E-state index contributed by atoms with van der Waals surface area (Å²) in [5.41, 5.74) is 9.66. The lowest BCUT2D eigenvalue weighted by atomic mass is 10.0. The molecule has 0 saturated carbocycles. The number of aliphatic imine (C=N–C) groups is 1. The van der Waals surface area contributed by atoms with Crippen LogP contribution in [-0.2, 0) is 0 Å². The average Bonchev–Trinajstić information content (AvgIpc) is 3.00. The van der Waals surface area contributed by atoms with E-state index in [1.165, 1.54) is 12.1 Å². The molecule has 0 amide bonds. The van der Waals surface area contributed by atoms with E-state index in [0.29, 0.717) is 22.8 Å². The van der Waals surface area contributed by atoms with E-state index in [-0.39, 0.29) is 11.9 Å². The van der Waals surface area contributed by atoms with Gasteiger partial charge < -0.3 is 11.1 Å². The standard InChI is InChI=1S/C21H22FN5/c1-14(2)25-15(3)24-11-10-18(23)20-19-9-4-5-12-27(19)26-21(20)16-7-6-8-17(22)13-16/h4-14,25H,3,23H2,1-2H3/b18-10-,24-11-. The van der Waals surface area contributed by atoms with Crippen LogP contribution < -0.4 is 11.1 Å². The lowest BCUT2D eigenvalue weighted by molar-refractivity contribution is 0.628. The number of hydrogen-bond donors (Lipinski definition) is 2. The van der Waals surface area contributed by atoms with E-state index < -0.39 is 0 Å². The molecule has 5 nitrogen and oxygen atoms in total. The van der Waals surface area contributed by atoms with Crippen LogP contribution in [0.15, 0.2) is 72.1 Å². The maximum Gasteiger partial charge on any atom is 0.123 e. The van der Waals surface area contributed by atoms with Gasteiger partial charge in [0.1, 0.15) is 17.3 Å². The fourth-order valence-electron chi connectivity index (χ4n) is 2.78. The number of fused-ring (bicyclic) bond motifs is 1. The van der Waals surface area contributed by atoms with Crippen molar-refractivity contribution in [3.8, 4) is 11.3 Å². The zero-order valence-corrected chi connectivity index (χ0v) is 15.4. The third kappa shape index (κ3) is 4.23. The number of nitrogens with zero attached hydrogens (tertiary/aromatic N) is 3. The number of aromatic nitrogens is 2. The fourth-order valence-corrected chi connectivity index (χ4v) is 2.78. The normalized spacial score (nSPS) is 12.2. The molecule has 2 heterocycles. The first kappa shape index (κ1) is 18.4. The molecule has 3 N–H and O–H groups in total. The summed E-state index contributed by atoms with van der Waals surface area (Å²) in [5.74, 6) is 0.231. The lowest BCUT2D eigenvalue weighted by Crippen LogP contribution is -2.20. The molecule has 0 bridgehead atoms. The molecule has 3 aromatic rings. The van der Waals surface area contributed by atoms with E-state index in [2.05, 4.69) is 22.0 Å². The van der Waals surface area contributed by atoms with Gasteiger partial charge in [0, 0.05) is 29.7 Å². The van der Waals surface area contributed by atoms with E-state index in [9.17, 15) is 4.39 Å². The van der Waals surface area contributed by atoms with Crippen molar-refractivity contribution >= 4 is 17.4 Å². The van der Waals surface area contributed by atoms with Crippen molar-refractivity contribution < 1.29 is 4.39 Å². The van der Waals surface area contributed by atoms with Crippen LogP contribution in [0.2, 0.25) is 0 Å². The van der Waals surface area contributed by atoms with Crippen LogP contribution >= 0.6 is 0 Å². The molecule has 0 aliphatic rings. The van der Waals surface area contributed by atoms with Gasteiger partial charge in [-0.1, -0.05) is 24.8 Å². The van der Waals surface area contributed by atoms with Crippen LogP contribution in [0.1, 0.15) is 19.4 Å². The SMILES string of the molecule is C=C(/N=C\C=C(/N)c1c(-c2cccc(F)c2)nn2ccccc12)NC(C)C. The van der Waals surface area contributed by atoms with Gasteiger partial charge in [0.05, 0.1) is 11.1 Å². The van der Waals surface area contributed by atoms with Gasteiger partial charge >= 0.3 is 0 Å². The van der Waals surface area contributed by atoms with Crippen molar-refractivity contribution in [3.05, 3.63) is 78.5 Å². The first-order valence-electron chi connectivity index (χ1n) is 8.64. The van der Waals surface area contributed by atoms with Gasteiger partial charge in [0.2, 0.25) is 0 Å². The largest absolute Gasteiger partial charge is 0.398 e. The minimum absolute atomic E-state index is 0.246. The Bertz CT molecular complexity index is 1030. The molecule has 0 aliphatic heterocycles. The summed E-state index contributed by atoms with van der Waals surface area (Å²) in [4.78, 5) is 4.24. The molecule has 0 saturated heterocycles. The zero-order chi connectivity index (χ0) is 19.4. The topological polar surface area (TPSA) is 67.7 Å². The van der Waals surface area contributed by atoms with Gasteiger partial charge in [-0.3, -0.25) is 0 Å². The maximum absolute atomic E-state index is 13.7. The Labute approximate surface area is 157 Å². The number of nitrogens with one attached hydrogen (secondary N) is 1. The van der Waals surface area contributed by atoms with E-state index in [1.54, 1.807) is 22.9 Å². The predicted octanol–water partition coefficient (Wildman–Crippen LogP) is 3.98. The second-order valence-corrected chi connectivity index (χ2v) is 6.41. The maximum atomic E-state index is 13.7. The van der Waals surface area contributed by atoms with Crippen molar-refractivity contribution in [2.75, 3.05) is 0 Å². The number of allylic oxidation sites excluding steroid dienone is 1. The van der Waals surface area contributed by atoms with Crippen LogP contribution in [-0.4, -0.2) is 21.9 Å². The van der Waals surface area contributed by atoms with Gasteiger partial charge in [-0.15, -0.1) is 0 Å². The summed E-state index contributed by atoms with van der Waals surface area (Å²) in [6.07, 6.45) is 5.12. The minimum atomic E-state index is -0.323. The van der Waals surface area contributed by atoms with Gasteiger partial charge in [-0.2, -0.15) is 5.10 Å². The Kier molecular flexibility index (Phi) is 5.35. The second-order valence-electron chi connectivity index (χ2n) is 6.41. The summed E-state index contributed by atoms with van der Waals surface area (Å²) in [5, 5.41) is 7.69. The highest BCUT2D eigenvalue weighted by atomic mass is 19.1. The van der Waals surface area contributed by atoms with E-state index in [1.807, 2.05) is 44.3 Å². The summed E-state index contributed by atoms with van der Waals surface area (Å²) in [6, 6.07) is 12.3. The molecule has 1 aromatic carbocycles. The van der Waals surface area contributed by atoms with Crippen LogP contribution in [0.5, 0.6) is 0 Å². The Hall–Kier alpha value is -3.41. The van der Waals surface area contributed by atoms with Crippen LogP contribution in [0.25, 0.3) is 22.5 Å². The Morgan fingerprint density at radius 3 is 2.85 bits per heavy atom. The highest BCUT2D eigenvalue weighted by molar-refractivity contribution is 5.93. The lowest BCUT2D eigenvalue weighted by Gasteiger charge is -2.07. The third-order valence-corrected chi connectivity index (χ3v) is 3.87. The molecular formula is C21H22FN5. The van der Waals surface area contributed by atoms with E-state index in [4.69, 9.17) is 5.73 Å². The van der Waals surface area contributed by atoms with Crippen molar-refractivity contribution in [1.82, 2.24) is 14.9 Å². The highest BCUT2D eigenvalue weighted by Crippen LogP contribution is 2.30. The summed E-state index contributed by atoms with van der Waals surface area (Å²) in [6.45, 7) is 7.86. The Morgan fingerprint density at radius 2 is 2.11 bits per heavy atom. The molecule has 0 fully saturated rings. The van der Waals surface area contributed by atoms with E-state index in [0.717, 1.165) is 11.1 Å². The summed E-state index contributed by atoms with van der Waals surface area (Å²) >= 11 is 0. The highest BCUT2D eigenvalue weighted by Gasteiger charge is 2.16. The summed E-state index contributed by atoms with van der Waals surface area (Å²) in [7, 11) is 0. The van der Waals surface area contributed by atoms with Crippen molar-refractivity contribution in [2.24, 2.45) is 10.7 Å². The Morgan fingerprint density at radius 1 is 1.30 bits per heavy atom. The average molecular weight is 363 g/mol. The van der Waals surface area contributed by atoms with Crippen molar-refractivity contribution in [1.29, 1.82) is 0 Å². The molecule has 138 valence electrons. The molecule has 3 rings (SSSR count). The quantitative estimate of drug-likeness (QED) is 0.651. The smallest absolute Gasteiger partial charge is 0.123 e. The second kappa shape index (κ2) is 7.86. The number of benzene rings is 1. The summed E-state index contributed by atoms with van der Waals surface area (Å²) < 4.78 is 15.4. The monoisotopic (exact) mass is 363 g/mol. The van der Waals surface area contributed by atoms with Gasteiger partial charge in [0.25, 0.3) is 0 Å². The van der Waals surface area contributed by atoms with Crippen LogP contribution in [0.3, 0.4) is 0 Å². The zero-order valence-electron chi connectivity index (χ0n) is 15.4. The molecule has 0 radical (unpaired) electrons. The Balaban J connectivity index is 2.04. The van der Waals surface area contributed by atoms with Gasteiger partial charge in [-0.25, -0.2) is 13.9 Å². The van der Waals surface area contributed by atoms with Crippen LogP contribution in [0.4, 0.5) is 4.39 Å². The minimum Gasteiger partial charge on any atom is -0.398 e. The first-order chi connectivity index (χ1) is 13.0. The molecule has 6 heteroatoms. The first-order valence-corrected chi connectivity index (χ1v) is 8.64. The van der Waals surface area contributed by atoms with Crippen molar-refractivity contribution in [2.45, 2.75) is 19.9 Å². The molecule has 0 spiro atoms. The van der Waals surface area contributed by atoms with E-state index >= 15 is 0 Å². The fraction of sp³-hybridized carbons (Fsp3) is 0.143. The number of pyridine rings is 1. The van der Waals surface area contributed by atoms with Crippen molar-refractivity contribution in [3.63, 3.8) is 0 Å².